The highest BCUT2D eigenvalue weighted by Crippen LogP contribution is 2.19. The number of piperidine rings is 1. The van der Waals surface area contributed by atoms with Gasteiger partial charge in [0.1, 0.15) is 6.61 Å². The molecule has 0 aromatic carbocycles. The normalized spacial score (nSPS) is 24.5. The summed E-state index contributed by atoms with van der Waals surface area (Å²) in [5, 5.41) is 6.35. The summed E-state index contributed by atoms with van der Waals surface area (Å²) in [7, 11) is 0. The molecule has 0 aromatic rings. The molecule has 1 amide bonds. The fourth-order valence-corrected chi connectivity index (χ4v) is 2.83. The van der Waals surface area contributed by atoms with E-state index in [4.69, 9.17) is 4.74 Å². The Labute approximate surface area is 122 Å². The third-order valence-corrected chi connectivity index (χ3v) is 3.99. The first-order chi connectivity index (χ1) is 8.84. The van der Waals surface area contributed by atoms with Crippen molar-refractivity contribution in [1.82, 2.24) is 10.6 Å². The van der Waals surface area contributed by atoms with Gasteiger partial charge in [-0.05, 0) is 44.7 Å². The Morgan fingerprint density at radius 2 is 1.95 bits per heavy atom. The molecule has 1 heterocycles. The van der Waals surface area contributed by atoms with E-state index in [9.17, 15) is 4.79 Å². The second kappa shape index (κ2) is 9.56. The highest BCUT2D eigenvalue weighted by atomic mass is 35.5. The van der Waals surface area contributed by atoms with Gasteiger partial charge >= 0.3 is 0 Å². The van der Waals surface area contributed by atoms with E-state index in [1.54, 1.807) is 0 Å². The summed E-state index contributed by atoms with van der Waals surface area (Å²) in [4.78, 5) is 11.7. The van der Waals surface area contributed by atoms with Crippen LogP contribution >= 0.6 is 12.4 Å². The zero-order valence-corrected chi connectivity index (χ0v) is 12.5. The molecule has 0 spiro atoms. The molecule has 0 bridgehead atoms. The number of hydrogen-bond acceptors (Lipinski definition) is 3. The Hall–Kier alpha value is -0.320. The lowest BCUT2D eigenvalue weighted by Crippen LogP contribution is -2.39. The number of ether oxygens (including phenoxy) is 1. The number of amides is 1. The molecule has 4 nitrogen and oxygen atoms in total. The molecule has 112 valence electrons. The van der Waals surface area contributed by atoms with Gasteiger partial charge in [0.2, 0.25) is 5.91 Å². The van der Waals surface area contributed by atoms with Crippen LogP contribution in [0.3, 0.4) is 0 Å². The van der Waals surface area contributed by atoms with E-state index in [1.165, 1.54) is 32.1 Å². The number of carbonyl (C=O) groups is 1. The summed E-state index contributed by atoms with van der Waals surface area (Å²) < 4.78 is 5.66. The Balaban J connectivity index is 0.00000180. The lowest BCUT2D eigenvalue weighted by Gasteiger charge is -2.24. The lowest BCUT2D eigenvalue weighted by atomic mass is 9.98. The predicted molar refractivity (Wildman–Crippen MR) is 78.7 cm³/mol. The number of halogens is 1. The summed E-state index contributed by atoms with van der Waals surface area (Å²) in [6.45, 7) is 3.18. The molecule has 0 aromatic heterocycles. The Kier molecular flexibility index (Phi) is 8.42. The summed E-state index contributed by atoms with van der Waals surface area (Å²) in [6, 6.07) is 0. The third kappa shape index (κ3) is 6.59. The predicted octanol–water partition coefficient (Wildman–Crippen LogP) is 1.87. The van der Waals surface area contributed by atoms with Gasteiger partial charge < -0.3 is 15.4 Å². The maximum Gasteiger partial charge on any atom is 0.246 e. The van der Waals surface area contributed by atoms with Gasteiger partial charge in [0.25, 0.3) is 0 Å². The van der Waals surface area contributed by atoms with Crippen molar-refractivity contribution in [2.24, 2.45) is 5.92 Å². The third-order valence-electron chi connectivity index (χ3n) is 3.99. The molecule has 0 radical (unpaired) electrons. The van der Waals surface area contributed by atoms with E-state index in [1.807, 2.05) is 0 Å². The van der Waals surface area contributed by atoms with Crippen molar-refractivity contribution in [3.05, 3.63) is 0 Å². The van der Waals surface area contributed by atoms with E-state index in [0.29, 0.717) is 12.0 Å². The fourth-order valence-electron chi connectivity index (χ4n) is 2.83. The van der Waals surface area contributed by atoms with Crippen LogP contribution in [-0.2, 0) is 9.53 Å². The minimum Gasteiger partial charge on any atom is -0.368 e. The van der Waals surface area contributed by atoms with Crippen LogP contribution in [0, 0.1) is 5.92 Å². The maximum absolute atomic E-state index is 11.7. The average Bonchev–Trinajstić information content (AvgIpc) is 2.45. The van der Waals surface area contributed by atoms with Gasteiger partial charge in [0.15, 0.2) is 0 Å². The SMILES string of the molecule is Cl.O=C(COC1CCCCC1)NCC1CCCNC1. The molecule has 1 aliphatic carbocycles. The zero-order valence-electron chi connectivity index (χ0n) is 11.7. The molecular formula is C14H27ClN2O2. The lowest BCUT2D eigenvalue weighted by molar-refractivity contribution is -0.128. The molecule has 1 unspecified atom stereocenters. The van der Waals surface area contributed by atoms with Gasteiger partial charge in [-0.1, -0.05) is 19.3 Å². The number of hydrogen-bond donors (Lipinski definition) is 2. The molecule has 1 atom stereocenters. The topological polar surface area (TPSA) is 50.4 Å². The average molecular weight is 291 g/mol. The minimum absolute atomic E-state index is 0. The van der Waals surface area contributed by atoms with Gasteiger partial charge in [-0.3, -0.25) is 4.79 Å². The van der Waals surface area contributed by atoms with Crippen LogP contribution < -0.4 is 10.6 Å². The fraction of sp³-hybridized carbons (Fsp3) is 0.929. The molecule has 2 aliphatic rings. The number of carbonyl (C=O) groups excluding carboxylic acids is 1. The van der Waals surface area contributed by atoms with Crippen molar-refractivity contribution < 1.29 is 9.53 Å². The van der Waals surface area contributed by atoms with Gasteiger partial charge in [0.05, 0.1) is 6.10 Å². The molecule has 1 saturated heterocycles. The van der Waals surface area contributed by atoms with Crippen molar-refractivity contribution in [2.75, 3.05) is 26.2 Å². The van der Waals surface area contributed by atoms with Crippen molar-refractivity contribution in [3.8, 4) is 0 Å². The zero-order chi connectivity index (χ0) is 12.6. The summed E-state index contributed by atoms with van der Waals surface area (Å²) in [5.41, 5.74) is 0. The summed E-state index contributed by atoms with van der Waals surface area (Å²) in [6.07, 6.45) is 8.83. The first-order valence-electron chi connectivity index (χ1n) is 7.43. The van der Waals surface area contributed by atoms with Gasteiger partial charge in [-0.25, -0.2) is 0 Å². The largest absolute Gasteiger partial charge is 0.368 e. The van der Waals surface area contributed by atoms with Gasteiger partial charge in [0, 0.05) is 6.54 Å². The standard InChI is InChI=1S/C14H26N2O2.ClH/c17-14(11-18-13-6-2-1-3-7-13)16-10-12-5-4-8-15-9-12;/h12-13,15H,1-11H2,(H,16,17);1H. The summed E-state index contributed by atoms with van der Waals surface area (Å²) >= 11 is 0. The molecule has 2 fully saturated rings. The van der Waals surface area contributed by atoms with Crippen LogP contribution in [-0.4, -0.2) is 38.3 Å². The van der Waals surface area contributed by atoms with Gasteiger partial charge in [-0.15, -0.1) is 12.4 Å². The smallest absolute Gasteiger partial charge is 0.246 e. The quantitative estimate of drug-likeness (QED) is 0.813. The molecular weight excluding hydrogens is 264 g/mol. The van der Waals surface area contributed by atoms with Crippen LogP contribution in [0.4, 0.5) is 0 Å². The second-order valence-electron chi connectivity index (χ2n) is 5.59. The van der Waals surface area contributed by atoms with E-state index >= 15 is 0 Å². The number of nitrogens with one attached hydrogen (secondary N) is 2. The molecule has 5 heteroatoms. The van der Waals surface area contributed by atoms with Crippen molar-refractivity contribution in [2.45, 2.75) is 51.0 Å². The van der Waals surface area contributed by atoms with E-state index in [-0.39, 0.29) is 24.9 Å². The Morgan fingerprint density at radius 3 is 2.63 bits per heavy atom. The van der Waals surface area contributed by atoms with Crippen LogP contribution in [0.2, 0.25) is 0 Å². The van der Waals surface area contributed by atoms with Crippen LogP contribution in [0.1, 0.15) is 44.9 Å². The second-order valence-corrected chi connectivity index (χ2v) is 5.59. The van der Waals surface area contributed by atoms with Crippen LogP contribution in [0.25, 0.3) is 0 Å². The number of rotatable bonds is 5. The van der Waals surface area contributed by atoms with Crippen molar-refractivity contribution in [3.63, 3.8) is 0 Å². The molecule has 2 rings (SSSR count). The molecule has 1 saturated carbocycles. The van der Waals surface area contributed by atoms with Crippen LogP contribution in [0.5, 0.6) is 0 Å². The van der Waals surface area contributed by atoms with E-state index in [2.05, 4.69) is 10.6 Å². The highest BCUT2D eigenvalue weighted by molar-refractivity contribution is 5.85. The Bertz CT molecular complexity index is 228. The first-order valence-corrected chi connectivity index (χ1v) is 7.43. The van der Waals surface area contributed by atoms with Crippen molar-refractivity contribution in [1.29, 1.82) is 0 Å². The Morgan fingerprint density at radius 1 is 1.16 bits per heavy atom. The van der Waals surface area contributed by atoms with E-state index in [0.717, 1.165) is 32.5 Å². The maximum atomic E-state index is 11.7. The van der Waals surface area contributed by atoms with Crippen molar-refractivity contribution >= 4 is 18.3 Å². The molecule has 19 heavy (non-hydrogen) atoms. The highest BCUT2D eigenvalue weighted by Gasteiger charge is 2.16. The molecule has 1 aliphatic heterocycles. The van der Waals surface area contributed by atoms with Crippen LogP contribution in [0.15, 0.2) is 0 Å². The van der Waals surface area contributed by atoms with Gasteiger partial charge in [-0.2, -0.15) is 0 Å². The molecule has 2 N–H and O–H groups in total. The summed E-state index contributed by atoms with van der Waals surface area (Å²) in [5.74, 6) is 0.642. The first kappa shape index (κ1) is 16.7. The minimum atomic E-state index is 0. The van der Waals surface area contributed by atoms with E-state index < -0.39 is 0 Å². The monoisotopic (exact) mass is 290 g/mol.